The predicted octanol–water partition coefficient (Wildman–Crippen LogP) is 1.96. The Morgan fingerprint density at radius 3 is 2.67 bits per heavy atom. The lowest BCUT2D eigenvalue weighted by molar-refractivity contribution is 0.0694. The van der Waals surface area contributed by atoms with Gasteiger partial charge in [0, 0.05) is 31.2 Å². The fourth-order valence-electron chi connectivity index (χ4n) is 3.67. The fourth-order valence-corrected chi connectivity index (χ4v) is 3.67. The number of hydrogen-bond acceptors (Lipinski definition) is 4. The van der Waals surface area contributed by atoms with E-state index in [4.69, 9.17) is 0 Å². The van der Waals surface area contributed by atoms with Gasteiger partial charge in [0.05, 0.1) is 11.1 Å². The molecule has 0 aliphatic carbocycles. The summed E-state index contributed by atoms with van der Waals surface area (Å²) in [5, 5.41) is 5.78. The van der Waals surface area contributed by atoms with Gasteiger partial charge in [-0.1, -0.05) is 30.3 Å². The summed E-state index contributed by atoms with van der Waals surface area (Å²) in [5.74, 6) is -0.945. The Kier molecular flexibility index (Phi) is 4.73. The van der Waals surface area contributed by atoms with Gasteiger partial charge in [-0.25, -0.2) is 0 Å². The van der Waals surface area contributed by atoms with Gasteiger partial charge in [0.15, 0.2) is 0 Å². The number of piperidine rings is 1. The maximum absolute atomic E-state index is 12.9. The molecule has 2 aliphatic heterocycles. The van der Waals surface area contributed by atoms with Crippen LogP contribution in [0, 0.1) is 0 Å². The number of fused-ring (bicyclic) bond motifs is 1. The monoisotopic (exact) mass is 363 g/mol. The van der Waals surface area contributed by atoms with Crippen molar-refractivity contribution >= 4 is 17.7 Å². The molecule has 0 spiro atoms. The van der Waals surface area contributed by atoms with Gasteiger partial charge in [0.2, 0.25) is 0 Å². The lowest BCUT2D eigenvalue weighted by atomic mass is 10.0. The highest BCUT2D eigenvalue weighted by molar-refractivity contribution is 6.22. The molecule has 2 aliphatic rings. The van der Waals surface area contributed by atoms with Crippen molar-refractivity contribution in [3.63, 3.8) is 0 Å². The van der Waals surface area contributed by atoms with E-state index < -0.39 is 11.8 Å². The molecule has 1 saturated heterocycles. The second-order valence-corrected chi connectivity index (χ2v) is 7.00. The van der Waals surface area contributed by atoms with E-state index in [1.165, 1.54) is 11.6 Å². The van der Waals surface area contributed by atoms with Crippen molar-refractivity contribution in [2.24, 2.45) is 0 Å². The van der Waals surface area contributed by atoms with E-state index in [-0.39, 0.29) is 17.5 Å². The Morgan fingerprint density at radius 2 is 1.85 bits per heavy atom. The van der Waals surface area contributed by atoms with Crippen LogP contribution in [-0.2, 0) is 6.54 Å². The number of amides is 3. The second kappa shape index (κ2) is 7.32. The maximum atomic E-state index is 12.9. The topological polar surface area (TPSA) is 78.5 Å². The van der Waals surface area contributed by atoms with Crippen molar-refractivity contribution in [2.45, 2.75) is 25.4 Å². The van der Waals surface area contributed by atoms with Gasteiger partial charge in [-0.3, -0.25) is 19.7 Å². The van der Waals surface area contributed by atoms with E-state index in [0.717, 1.165) is 19.4 Å². The van der Waals surface area contributed by atoms with Crippen LogP contribution >= 0.6 is 0 Å². The third-order valence-corrected chi connectivity index (χ3v) is 5.13. The molecule has 2 aromatic carbocycles. The molecule has 0 bridgehead atoms. The van der Waals surface area contributed by atoms with Gasteiger partial charge < -0.3 is 10.2 Å². The number of likely N-dealkylation sites (tertiary alicyclic amines) is 1. The molecule has 3 amide bonds. The van der Waals surface area contributed by atoms with Crippen LogP contribution in [0.15, 0.2) is 48.5 Å². The minimum absolute atomic E-state index is 0.101. The number of nitrogens with one attached hydrogen (secondary N) is 2. The van der Waals surface area contributed by atoms with Crippen molar-refractivity contribution in [1.29, 1.82) is 0 Å². The van der Waals surface area contributed by atoms with Crippen LogP contribution in [0.2, 0.25) is 0 Å². The van der Waals surface area contributed by atoms with Crippen LogP contribution in [0.25, 0.3) is 0 Å². The molecule has 6 heteroatoms. The van der Waals surface area contributed by atoms with Crippen molar-refractivity contribution in [3.8, 4) is 0 Å². The molecule has 0 unspecified atom stereocenters. The zero-order chi connectivity index (χ0) is 18.8. The summed E-state index contributed by atoms with van der Waals surface area (Å²) in [4.78, 5) is 38.2. The number of imide groups is 1. The molecule has 0 aromatic heterocycles. The molecular weight excluding hydrogens is 342 g/mol. The molecule has 1 atom stereocenters. The lowest BCUT2D eigenvalue weighted by Gasteiger charge is -2.33. The van der Waals surface area contributed by atoms with E-state index in [0.29, 0.717) is 24.2 Å². The quantitative estimate of drug-likeness (QED) is 0.814. The normalized spacial score (nSPS) is 19.0. The van der Waals surface area contributed by atoms with Crippen LogP contribution in [0.5, 0.6) is 0 Å². The Hall–Kier alpha value is -2.99. The SMILES string of the molecule is O=C1NC(=O)c2cc(C(=O)N3CCC[C@@H](NCc4ccccc4)C3)ccc21. The van der Waals surface area contributed by atoms with E-state index in [2.05, 4.69) is 22.8 Å². The minimum Gasteiger partial charge on any atom is -0.337 e. The fraction of sp³-hybridized carbons (Fsp3) is 0.286. The first-order valence-corrected chi connectivity index (χ1v) is 9.18. The first-order chi connectivity index (χ1) is 13.1. The molecule has 4 rings (SSSR count). The van der Waals surface area contributed by atoms with Crippen molar-refractivity contribution in [1.82, 2.24) is 15.5 Å². The Labute approximate surface area is 157 Å². The second-order valence-electron chi connectivity index (χ2n) is 7.00. The van der Waals surface area contributed by atoms with Crippen LogP contribution in [0.3, 0.4) is 0 Å². The number of nitrogens with zero attached hydrogens (tertiary/aromatic N) is 1. The molecule has 27 heavy (non-hydrogen) atoms. The van der Waals surface area contributed by atoms with Crippen LogP contribution in [0.1, 0.15) is 49.5 Å². The summed E-state index contributed by atoms with van der Waals surface area (Å²) in [7, 11) is 0. The highest BCUT2D eigenvalue weighted by atomic mass is 16.2. The highest BCUT2D eigenvalue weighted by Gasteiger charge is 2.29. The van der Waals surface area contributed by atoms with Crippen molar-refractivity contribution in [2.75, 3.05) is 13.1 Å². The summed E-state index contributed by atoms with van der Waals surface area (Å²) in [5.41, 5.74) is 2.27. The van der Waals surface area contributed by atoms with Crippen molar-refractivity contribution < 1.29 is 14.4 Å². The lowest BCUT2D eigenvalue weighted by Crippen LogP contribution is -2.47. The van der Waals surface area contributed by atoms with Gasteiger partial charge >= 0.3 is 0 Å². The first-order valence-electron chi connectivity index (χ1n) is 9.18. The van der Waals surface area contributed by atoms with Crippen LogP contribution in [0.4, 0.5) is 0 Å². The summed E-state index contributed by atoms with van der Waals surface area (Å²) in [6, 6.07) is 15.1. The molecule has 2 heterocycles. The smallest absolute Gasteiger partial charge is 0.258 e. The molecule has 0 saturated carbocycles. The number of carbonyl (C=O) groups is 3. The summed E-state index contributed by atoms with van der Waals surface area (Å²) in [6.07, 6.45) is 1.96. The number of hydrogen-bond donors (Lipinski definition) is 2. The standard InChI is InChI=1S/C21H21N3O3/c25-19-17-9-8-15(11-18(17)20(26)23-19)21(27)24-10-4-7-16(13-24)22-12-14-5-2-1-3-6-14/h1-3,5-6,8-9,11,16,22H,4,7,10,12-13H2,(H,23,25,26)/t16-/m1/s1. The Morgan fingerprint density at radius 1 is 1.07 bits per heavy atom. The molecule has 0 radical (unpaired) electrons. The minimum atomic E-state index is -0.439. The number of benzene rings is 2. The average molecular weight is 363 g/mol. The highest BCUT2D eigenvalue weighted by Crippen LogP contribution is 2.20. The van der Waals surface area contributed by atoms with Gasteiger partial charge in [-0.2, -0.15) is 0 Å². The molecular formula is C21H21N3O3. The van der Waals surface area contributed by atoms with Gasteiger partial charge in [-0.05, 0) is 36.6 Å². The molecule has 2 aromatic rings. The summed E-state index contributed by atoms with van der Waals surface area (Å²) in [6.45, 7) is 2.10. The van der Waals surface area contributed by atoms with E-state index >= 15 is 0 Å². The summed E-state index contributed by atoms with van der Waals surface area (Å²) < 4.78 is 0. The van der Waals surface area contributed by atoms with Gasteiger partial charge in [0.25, 0.3) is 17.7 Å². The Bertz CT molecular complexity index is 895. The largest absolute Gasteiger partial charge is 0.337 e. The van der Waals surface area contributed by atoms with E-state index in [9.17, 15) is 14.4 Å². The average Bonchev–Trinajstić information content (AvgIpc) is 3.00. The van der Waals surface area contributed by atoms with E-state index in [1.54, 1.807) is 12.1 Å². The zero-order valence-corrected chi connectivity index (χ0v) is 14.9. The molecule has 1 fully saturated rings. The van der Waals surface area contributed by atoms with Crippen LogP contribution in [-0.4, -0.2) is 41.8 Å². The molecule has 138 valence electrons. The number of rotatable bonds is 4. The molecule has 6 nitrogen and oxygen atoms in total. The maximum Gasteiger partial charge on any atom is 0.258 e. The summed E-state index contributed by atoms with van der Waals surface area (Å²) >= 11 is 0. The van der Waals surface area contributed by atoms with Crippen molar-refractivity contribution in [3.05, 3.63) is 70.8 Å². The molecule has 2 N–H and O–H groups in total. The van der Waals surface area contributed by atoms with Gasteiger partial charge in [0.1, 0.15) is 0 Å². The first kappa shape index (κ1) is 17.4. The zero-order valence-electron chi connectivity index (χ0n) is 14.9. The number of carbonyl (C=O) groups excluding carboxylic acids is 3. The third-order valence-electron chi connectivity index (χ3n) is 5.13. The Balaban J connectivity index is 1.42. The predicted molar refractivity (Wildman–Crippen MR) is 100 cm³/mol. The van der Waals surface area contributed by atoms with E-state index in [1.807, 2.05) is 23.1 Å². The third kappa shape index (κ3) is 3.61. The van der Waals surface area contributed by atoms with Crippen LogP contribution < -0.4 is 10.6 Å². The van der Waals surface area contributed by atoms with Gasteiger partial charge in [-0.15, -0.1) is 0 Å².